The Labute approximate surface area is 266 Å². The number of rotatable bonds is 12. The van der Waals surface area contributed by atoms with Crippen molar-refractivity contribution in [1.82, 2.24) is 14.0 Å². The number of aromatic nitrogens is 2. The summed E-state index contributed by atoms with van der Waals surface area (Å²) in [5.74, 6) is -3.00. The fraction of sp³-hybridized carbons (Fsp3) is 0.500. The van der Waals surface area contributed by atoms with Crippen molar-refractivity contribution in [3.63, 3.8) is 0 Å². The Morgan fingerprint density at radius 2 is 1.57 bits per heavy atom. The zero-order valence-corrected chi connectivity index (χ0v) is 26.2. The highest BCUT2D eigenvalue weighted by atomic mass is 19.1. The van der Waals surface area contributed by atoms with E-state index in [1.165, 1.54) is 4.57 Å². The summed E-state index contributed by atoms with van der Waals surface area (Å²) in [6.45, 7) is -0.326. The first-order valence-electron chi connectivity index (χ1n) is 16.1. The Kier molecular flexibility index (Phi) is 10.9. The van der Waals surface area contributed by atoms with Crippen LogP contribution in [0.4, 0.5) is 10.1 Å². The van der Waals surface area contributed by atoms with Crippen molar-refractivity contribution in [2.75, 3.05) is 25.0 Å². The monoisotopic (exact) mass is 636 g/mol. The molecule has 11 nitrogen and oxygen atoms in total. The topological polar surface area (TPSA) is 129 Å². The average molecular weight is 637 g/mol. The van der Waals surface area contributed by atoms with Gasteiger partial charge in [0.2, 0.25) is 5.91 Å². The maximum absolute atomic E-state index is 15.5. The normalized spacial score (nSPS) is 15.5. The summed E-state index contributed by atoms with van der Waals surface area (Å²) in [5, 5.41) is 3.26. The van der Waals surface area contributed by atoms with Gasteiger partial charge in [0, 0.05) is 12.1 Å². The number of benzene rings is 2. The number of anilines is 1. The molecule has 2 fully saturated rings. The summed E-state index contributed by atoms with van der Waals surface area (Å²) in [7, 11) is 0. The molecule has 46 heavy (non-hydrogen) atoms. The van der Waals surface area contributed by atoms with E-state index in [1.807, 2.05) is 6.07 Å². The van der Waals surface area contributed by atoms with Gasteiger partial charge in [0.25, 0.3) is 5.56 Å². The Balaban J connectivity index is 1.46. The number of carbonyl (C=O) groups excluding carboxylic acids is 3. The van der Waals surface area contributed by atoms with E-state index in [2.05, 4.69) is 5.32 Å². The SMILES string of the molecule is CCOC(=O)CN(CC(=O)OCc1ccccc1)C(=O)Cn1c(=O)c2cc(F)c(NC3CCCCC3)cc2n(C2CCCC2)c1=O. The quantitative estimate of drug-likeness (QED) is 0.292. The van der Waals surface area contributed by atoms with Crippen LogP contribution in [0.3, 0.4) is 0 Å². The molecule has 1 heterocycles. The van der Waals surface area contributed by atoms with Crippen LogP contribution in [0.15, 0.2) is 52.1 Å². The lowest BCUT2D eigenvalue weighted by atomic mass is 9.95. The number of carbonyl (C=O) groups is 3. The van der Waals surface area contributed by atoms with Crippen molar-refractivity contribution in [3.05, 3.63) is 74.7 Å². The highest BCUT2D eigenvalue weighted by Crippen LogP contribution is 2.32. The summed E-state index contributed by atoms with van der Waals surface area (Å²) in [6.07, 6.45) is 8.26. The molecule has 0 spiro atoms. The second-order valence-electron chi connectivity index (χ2n) is 12.0. The zero-order valence-electron chi connectivity index (χ0n) is 26.2. The van der Waals surface area contributed by atoms with E-state index in [0.29, 0.717) is 18.4 Å². The van der Waals surface area contributed by atoms with Gasteiger partial charge in [-0.05, 0) is 50.3 Å². The van der Waals surface area contributed by atoms with Crippen LogP contribution in [0.25, 0.3) is 10.9 Å². The minimum Gasteiger partial charge on any atom is -0.465 e. The molecule has 0 bridgehead atoms. The molecule has 3 aromatic rings. The molecule has 5 rings (SSSR count). The highest BCUT2D eigenvalue weighted by molar-refractivity contribution is 5.87. The molecule has 2 aliphatic carbocycles. The first-order valence-corrected chi connectivity index (χ1v) is 16.1. The molecule has 246 valence electrons. The third kappa shape index (κ3) is 7.83. The third-order valence-corrected chi connectivity index (χ3v) is 8.75. The van der Waals surface area contributed by atoms with Crippen LogP contribution in [-0.2, 0) is 37.0 Å². The lowest BCUT2D eigenvalue weighted by Gasteiger charge is -2.25. The van der Waals surface area contributed by atoms with E-state index >= 15 is 4.39 Å². The number of ether oxygens (including phenoxy) is 2. The van der Waals surface area contributed by atoms with Gasteiger partial charge in [-0.15, -0.1) is 0 Å². The summed E-state index contributed by atoms with van der Waals surface area (Å²) in [4.78, 5) is 67.3. The predicted molar refractivity (Wildman–Crippen MR) is 170 cm³/mol. The van der Waals surface area contributed by atoms with E-state index in [1.54, 1.807) is 37.3 Å². The predicted octanol–water partition coefficient (Wildman–Crippen LogP) is 4.30. The number of nitrogens with one attached hydrogen (secondary N) is 1. The number of amides is 1. The molecule has 2 aliphatic rings. The fourth-order valence-corrected chi connectivity index (χ4v) is 6.40. The van der Waals surface area contributed by atoms with Crippen LogP contribution in [0, 0.1) is 5.82 Å². The number of hydrogen-bond donors (Lipinski definition) is 1. The van der Waals surface area contributed by atoms with Gasteiger partial charge in [-0.25, -0.2) is 9.18 Å². The molecule has 12 heteroatoms. The Morgan fingerprint density at radius 1 is 0.913 bits per heavy atom. The number of esters is 2. The van der Waals surface area contributed by atoms with Crippen LogP contribution < -0.4 is 16.6 Å². The molecule has 0 atom stereocenters. The molecule has 1 N–H and O–H groups in total. The molecule has 2 aromatic carbocycles. The van der Waals surface area contributed by atoms with Crippen molar-refractivity contribution >= 4 is 34.4 Å². The van der Waals surface area contributed by atoms with Crippen molar-refractivity contribution in [1.29, 1.82) is 0 Å². The Bertz CT molecular complexity index is 1670. The molecular formula is C34H41FN4O7. The second-order valence-corrected chi connectivity index (χ2v) is 12.0. The molecular weight excluding hydrogens is 595 g/mol. The van der Waals surface area contributed by atoms with Gasteiger partial charge < -0.3 is 19.7 Å². The second kappa shape index (κ2) is 15.2. The summed E-state index contributed by atoms with van der Waals surface area (Å²) in [6, 6.07) is 11.5. The maximum atomic E-state index is 15.5. The van der Waals surface area contributed by atoms with Gasteiger partial charge in [0.1, 0.15) is 32.1 Å². The van der Waals surface area contributed by atoms with Gasteiger partial charge in [0.05, 0.1) is 23.2 Å². The molecule has 0 unspecified atom stereocenters. The minimum absolute atomic E-state index is 0.0230. The van der Waals surface area contributed by atoms with Crippen LogP contribution in [-0.4, -0.2) is 57.6 Å². The summed E-state index contributed by atoms with van der Waals surface area (Å²) in [5.41, 5.74) is -0.227. The molecule has 0 aliphatic heterocycles. The summed E-state index contributed by atoms with van der Waals surface area (Å²) >= 11 is 0. The van der Waals surface area contributed by atoms with Crippen molar-refractivity contribution in [2.24, 2.45) is 0 Å². The Hall–Kier alpha value is -4.48. The van der Waals surface area contributed by atoms with Gasteiger partial charge in [-0.3, -0.25) is 28.3 Å². The highest BCUT2D eigenvalue weighted by Gasteiger charge is 2.28. The number of fused-ring (bicyclic) bond motifs is 1. The standard InChI is InChI=1S/C34H41FN4O7/c1-2-45-31(41)20-37(21-32(42)46-22-23-11-5-3-6-12-23)30(40)19-38-33(43)26-17-27(35)28(36-24-13-7-4-8-14-24)18-29(26)39(34(38)44)25-15-9-10-16-25/h3,5-6,11-12,17-18,24-25,36H,2,4,7-10,13-16,19-22H2,1H3. The van der Waals surface area contributed by atoms with Gasteiger partial charge in [-0.2, -0.15) is 0 Å². The van der Waals surface area contributed by atoms with Gasteiger partial charge >= 0.3 is 17.6 Å². The maximum Gasteiger partial charge on any atom is 0.332 e. The van der Waals surface area contributed by atoms with Crippen molar-refractivity contribution in [3.8, 4) is 0 Å². The molecule has 0 radical (unpaired) electrons. The van der Waals surface area contributed by atoms with Gasteiger partial charge in [0.15, 0.2) is 0 Å². The summed E-state index contributed by atoms with van der Waals surface area (Å²) < 4.78 is 28.0. The van der Waals surface area contributed by atoms with E-state index in [9.17, 15) is 24.0 Å². The fourth-order valence-electron chi connectivity index (χ4n) is 6.40. The lowest BCUT2D eigenvalue weighted by Crippen LogP contribution is -2.48. The van der Waals surface area contributed by atoms with Crippen LogP contribution in [0.2, 0.25) is 0 Å². The van der Waals surface area contributed by atoms with E-state index in [4.69, 9.17) is 9.47 Å². The smallest absolute Gasteiger partial charge is 0.332 e. The van der Waals surface area contributed by atoms with E-state index in [-0.39, 0.29) is 36.4 Å². The molecule has 2 saturated carbocycles. The number of hydrogen-bond acceptors (Lipinski definition) is 8. The average Bonchev–Trinajstić information content (AvgIpc) is 3.58. The van der Waals surface area contributed by atoms with E-state index in [0.717, 1.165) is 66.0 Å². The Morgan fingerprint density at radius 3 is 2.24 bits per heavy atom. The van der Waals surface area contributed by atoms with Crippen LogP contribution >= 0.6 is 0 Å². The largest absolute Gasteiger partial charge is 0.465 e. The minimum atomic E-state index is -0.836. The van der Waals surface area contributed by atoms with Crippen LogP contribution in [0.1, 0.15) is 76.3 Å². The van der Waals surface area contributed by atoms with Crippen molar-refractivity contribution in [2.45, 2.75) is 89.9 Å². The molecule has 1 aromatic heterocycles. The molecule has 0 saturated heterocycles. The van der Waals surface area contributed by atoms with Gasteiger partial charge in [-0.1, -0.05) is 62.4 Å². The number of halogens is 1. The first kappa shape index (κ1) is 32.9. The number of nitrogens with zero attached hydrogens (tertiary/aromatic N) is 3. The molecule has 1 amide bonds. The first-order chi connectivity index (χ1) is 22.2. The zero-order chi connectivity index (χ0) is 32.6. The van der Waals surface area contributed by atoms with Crippen molar-refractivity contribution < 1.29 is 28.2 Å². The van der Waals surface area contributed by atoms with Crippen LogP contribution in [0.5, 0.6) is 0 Å². The van der Waals surface area contributed by atoms with E-state index < -0.39 is 54.5 Å². The lowest BCUT2D eigenvalue weighted by molar-refractivity contribution is -0.155. The third-order valence-electron chi connectivity index (χ3n) is 8.75.